The number of aromatic hydroxyl groups is 1. The predicted octanol–water partition coefficient (Wildman–Crippen LogP) is 6.85. The van der Waals surface area contributed by atoms with Crippen LogP contribution in [0.3, 0.4) is 0 Å². The van der Waals surface area contributed by atoms with Gasteiger partial charge < -0.3 is 15.2 Å². The van der Waals surface area contributed by atoms with Gasteiger partial charge in [0.05, 0.1) is 7.11 Å². The Bertz CT molecular complexity index is 629. The molecule has 1 atom stereocenters. The number of nitrogens with one attached hydrogen (secondary N) is 1. The van der Waals surface area contributed by atoms with Gasteiger partial charge in [-0.3, -0.25) is 4.79 Å². The molecule has 0 saturated heterocycles. The molecule has 0 aliphatic carbocycles. The Morgan fingerprint density at radius 3 is 1.70 bits per heavy atom. The Kier molecular flexibility index (Phi) is 17.1. The predicted molar refractivity (Wildman–Crippen MR) is 135 cm³/mol. The molecule has 33 heavy (non-hydrogen) atoms. The number of rotatable bonds is 20. The molecule has 0 saturated carbocycles. The standard InChI is InChI=1S/C28H47NO4/c1-3-4-5-6-7-8-9-10-11-12-13-14-15-16-17-18-27(31)29-26(28(32)33-2)23-24-19-21-25(30)22-20-24/h19-22,26,30H,3-18,23H2,1-2H3,(H,29,31)/t26-/m0/s1. The highest BCUT2D eigenvalue weighted by Gasteiger charge is 2.21. The minimum atomic E-state index is -0.705. The van der Waals surface area contributed by atoms with Gasteiger partial charge in [-0.15, -0.1) is 0 Å². The van der Waals surface area contributed by atoms with E-state index in [2.05, 4.69) is 12.2 Å². The fourth-order valence-corrected chi connectivity index (χ4v) is 4.13. The number of methoxy groups -OCH3 is 1. The summed E-state index contributed by atoms with van der Waals surface area (Å²) < 4.78 is 4.84. The summed E-state index contributed by atoms with van der Waals surface area (Å²) in [6.45, 7) is 2.27. The van der Waals surface area contributed by atoms with E-state index < -0.39 is 12.0 Å². The van der Waals surface area contributed by atoms with E-state index in [0.29, 0.717) is 12.8 Å². The fourth-order valence-electron chi connectivity index (χ4n) is 4.13. The quantitative estimate of drug-likeness (QED) is 0.164. The summed E-state index contributed by atoms with van der Waals surface area (Å²) in [6, 6.07) is 5.92. The van der Waals surface area contributed by atoms with Gasteiger partial charge >= 0.3 is 5.97 Å². The highest BCUT2D eigenvalue weighted by molar-refractivity contribution is 5.84. The zero-order valence-electron chi connectivity index (χ0n) is 21.1. The molecule has 0 spiro atoms. The molecule has 0 aliphatic heterocycles. The molecular formula is C28H47NO4. The summed E-state index contributed by atoms with van der Waals surface area (Å²) in [5.41, 5.74) is 0.857. The molecule has 5 heteroatoms. The number of benzene rings is 1. The normalized spacial score (nSPS) is 11.8. The van der Waals surface area contributed by atoms with Crippen molar-refractivity contribution in [2.75, 3.05) is 7.11 Å². The van der Waals surface area contributed by atoms with Gasteiger partial charge in [-0.2, -0.15) is 0 Å². The SMILES string of the molecule is CCCCCCCCCCCCCCCCCC(=O)N[C@@H](Cc1ccc(O)cc1)C(=O)OC. The maximum atomic E-state index is 12.3. The van der Waals surface area contributed by atoms with Crippen molar-refractivity contribution in [2.45, 2.75) is 122 Å². The van der Waals surface area contributed by atoms with Gasteiger partial charge in [0.1, 0.15) is 11.8 Å². The number of phenolic OH excluding ortho intramolecular Hbond substituents is 1. The first kappa shape index (κ1) is 29.0. The smallest absolute Gasteiger partial charge is 0.328 e. The zero-order chi connectivity index (χ0) is 24.2. The number of hydrogen-bond donors (Lipinski definition) is 2. The molecule has 0 heterocycles. The molecule has 1 amide bonds. The lowest BCUT2D eigenvalue weighted by atomic mass is 10.0. The second-order valence-electron chi connectivity index (χ2n) is 9.21. The Hall–Kier alpha value is -2.04. The molecule has 2 N–H and O–H groups in total. The summed E-state index contributed by atoms with van der Waals surface area (Å²) in [6.07, 6.45) is 20.1. The molecule has 1 aromatic rings. The fraction of sp³-hybridized carbons (Fsp3) is 0.714. The van der Waals surface area contributed by atoms with Crippen molar-refractivity contribution in [1.29, 1.82) is 0 Å². The summed E-state index contributed by atoms with van der Waals surface area (Å²) in [5, 5.41) is 12.2. The van der Waals surface area contributed by atoms with Gasteiger partial charge in [0.25, 0.3) is 0 Å². The van der Waals surface area contributed by atoms with Gasteiger partial charge in [0.15, 0.2) is 0 Å². The molecule has 1 aromatic carbocycles. The molecule has 0 radical (unpaired) electrons. The molecule has 1 rings (SSSR count). The molecule has 188 valence electrons. The number of carbonyl (C=O) groups is 2. The number of phenols is 1. The van der Waals surface area contributed by atoms with Crippen LogP contribution in [0.15, 0.2) is 24.3 Å². The van der Waals surface area contributed by atoms with Crippen LogP contribution >= 0.6 is 0 Å². The third-order valence-corrected chi connectivity index (χ3v) is 6.20. The highest BCUT2D eigenvalue weighted by atomic mass is 16.5. The van der Waals surface area contributed by atoms with Crippen LogP contribution < -0.4 is 5.32 Å². The Labute approximate surface area is 201 Å². The van der Waals surface area contributed by atoms with E-state index in [1.165, 1.54) is 90.6 Å². The lowest BCUT2D eigenvalue weighted by molar-refractivity contribution is -0.145. The van der Waals surface area contributed by atoms with Gasteiger partial charge in [-0.25, -0.2) is 4.79 Å². The molecule has 0 aliphatic rings. The molecule has 5 nitrogen and oxygen atoms in total. The third kappa shape index (κ3) is 15.4. The monoisotopic (exact) mass is 461 g/mol. The minimum absolute atomic E-state index is 0.112. The number of esters is 1. The number of carbonyl (C=O) groups excluding carboxylic acids is 2. The van der Waals surface area contributed by atoms with Crippen molar-refractivity contribution in [2.24, 2.45) is 0 Å². The summed E-state index contributed by atoms with van der Waals surface area (Å²) in [7, 11) is 1.33. The van der Waals surface area contributed by atoms with Crippen LogP contribution in [0.4, 0.5) is 0 Å². The van der Waals surface area contributed by atoms with E-state index >= 15 is 0 Å². The Balaban J connectivity index is 2.04. The van der Waals surface area contributed by atoms with Gasteiger partial charge in [-0.05, 0) is 24.1 Å². The maximum Gasteiger partial charge on any atom is 0.328 e. The summed E-state index contributed by atoms with van der Waals surface area (Å²) in [4.78, 5) is 24.3. The second kappa shape index (κ2) is 19.4. The van der Waals surface area contributed by atoms with Crippen LogP contribution in [0.5, 0.6) is 5.75 Å². The number of amides is 1. The van der Waals surface area contributed by atoms with Crippen LogP contribution in [0.25, 0.3) is 0 Å². The summed E-state index contributed by atoms with van der Waals surface area (Å²) in [5.74, 6) is -0.391. The van der Waals surface area contributed by atoms with E-state index in [9.17, 15) is 14.7 Å². The van der Waals surface area contributed by atoms with E-state index in [4.69, 9.17) is 4.74 Å². The first-order valence-corrected chi connectivity index (χ1v) is 13.2. The van der Waals surface area contributed by atoms with Crippen LogP contribution in [0, 0.1) is 0 Å². The maximum absolute atomic E-state index is 12.3. The van der Waals surface area contributed by atoms with E-state index in [1.54, 1.807) is 24.3 Å². The lowest BCUT2D eigenvalue weighted by Gasteiger charge is -2.16. The third-order valence-electron chi connectivity index (χ3n) is 6.20. The minimum Gasteiger partial charge on any atom is -0.508 e. The van der Waals surface area contributed by atoms with Crippen LogP contribution in [-0.4, -0.2) is 30.1 Å². The zero-order valence-corrected chi connectivity index (χ0v) is 21.1. The Morgan fingerprint density at radius 1 is 0.788 bits per heavy atom. The Morgan fingerprint density at radius 2 is 1.24 bits per heavy atom. The number of ether oxygens (including phenoxy) is 1. The average molecular weight is 462 g/mol. The molecule has 0 aromatic heterocycles. The molecule has 0 bridgehead atoms. The van der Waals surface area contributed by atoms with Gasteiger partial charge in [0.2, 0.25) is 5.91 Å². The van der Waals surface area contributed by atoms with Crippen molar-refractivity contribution in [3.05, 3.63) is 29.8 Å². The largest absolute Gasteiger partial charge is 0.508 e. The van der Waals surface area contributed by atoms with E-state index in [1.807, 2.05) is 0 Å². The van der Waals surface area contributed by atoms with E-state index in [-0.39, 0.29) is 11.7 Å². The second-order valence-corrected chi connectivity index (χ2v) is 9.21. The molecule has 0 fully saturated rings. The first-order valence-electron chi connectivity index (χ1n) is 13.2. The summed E-state index contributed by atoms with van der Waals surface area (Å²) >= 11 is 0. The topological polar surface area (TPSA) is 75.6 Å². The van der Waals surface area contributed by atoms with Gasteiger partial charge in [-0.1, -0.05) is 109 Å². The molecular weight excluding hydrogens is 414 g/mol. The number of hydrogen-bond acceptors (Lipinski definition) is 4. The highest BCUT2D eigenvalue weighted by Crippen LogP contribution is 2.14. The lowest BCUT2D eigenvalue weighted by Crippen LogP contribution is -2.43. The van der Waals surface area contributed by atoms with Gasteiger partial charge in [0, 0.05) is 12.8 Å². The van der Waals surface area contributed by atoms with Crippen molar-refractivity contribution in [3.63, 3.8) is 0 Å². The van der Waals surface area contributed by atoms with Crippen molar-refractivity contribution in [1.82, 2.24) is 5.32 Å². The molecule has 0 unspecified atom stereocenters. The van der Waals surface area contributed by atoms with Crippen molar-refractivity contribution in [3.8, 4) is 5.75 Å². The number of unbranched alkanes of at least 4 members (excludes halogenated alkanes) is 14. The van der Waals surface area contributed by atoms with Crippen molar-refractivity contribution < 1.29 is 19.4 Å². The van der Waals surface area contributed by atoms with Crippen LogP contribution in [0.1, 0.15) is 115 Å². The first-order chi connectivity index (χ1) is 16.1. The average Bonchev–Trinajstić information content (AvgIpc) is 2.82. The van der Waals surface area contributed by atoms with Crippen LogP contribution in [-0.2, 0) is 20.7 Å². The van der Waals surface area contributed by atoms with Crippen molar-refractivity contribution >= 4 is 11.9 Å². The van der Waals surface area contributed by atoms with E-state index in [0.717, 1.165) is 18.4 Å². The van der Waals surface area contributed by atoms with Crippen LogP contribution in [0.2, 0.25) is 0 Å².